The fourth-order valence-corrected chi connectivity index (χ4v) is 5.94. The highest BCUT2D eigenvalue weighted by molar-refractivity contribution is 9.10. The van der Waals surface area contributed by atoms with Gasteiger partial charge in [0.25, 0.3) is 5.91 Å². The van der Waals surface area contributed by atoms with Gasteiger partial charge < -0.3 is 9.80 Å². The summed E-state index contributed by atoms with van der Waals surface area (Å²) in [5.41, 5.74) is 3.27. The third kappa shape index (κ3) is 4.59. The van der Waals surface area contributed by atoms with Crippen LogP contribution in [-0.4, -0.2) is 47.0 Å². The first-order valence-corrected chi connectivity index (χ1v) is 13.2. The number of anilines is 1. The van der Waals surface area contributed by atoms with Gasteiger partial charge in [0.15, 0.2) is 0 Å². The second kappa shape index (κ2) is 9.84. The third-order valence-corrected chi connectivity index (χ3v) is 8.30. The van der Waals surface area contributed by atoms with Crippen LogP contribution in [0.1, 0.15) is 32.2 Å². The number of nitrogens with zero attached hydrogens (tertiary/aromatic N) is 4. The van der Waals surface area contributed by atoms with Gasteiger partial charge in [-0.1, -0.05) is 42.5 Å². The molecule has 34 heavy (non-hydrogen) atoms. The van der Waals surface area contributed by atoms with Crippen molar-refractivity contribution in [3.63, 3.8) is 0 Å². The Morgan fingerprint density at radius 1 is 0.941 bits per heavy atom. The molecule has 7 heteroatoms. The topological polar surface area (TPSA) is 49.3 Å². The van der Waals surface area contributed by atoms with Crippen molar-refractivity contribution in [3.8, 4) is 0 Å². The van der Waals surface area contributed by atoms with Crippen LogP contribution in [0.2, 0.25) is 0 Å². The number of piperazine rings is 1. The molecule has 2 aromatic carbocycles. The van der Waals surface area contributed by atoms with Gasteiger partial charge in [0.05, 0.1) is 10.9 Å². The van der Waals surface area contributed by atoms with E-state index < -0.39 is 0 Å². The molecule has 1 aliphatic rings. The lowest BCUT2D eigenvalue weighted by Gasteiger charge is -2.36. The Bertz CT molecular complexity index is 1330. The summed E-state index contributed by atoms with van der Waals surface area (Å²) in [5.74, 6) is 1.98. The third-order valence-electron chi connectivity index (χ3n) is 6.51. The summed E-state index contributed by atoms with van der Waals surface area (Å²) in [6, 6.07) is 18.1. The predicted molar refractivity (Wildman–Crippen MR) is 143 cm³/mol. The zero-order valence-electron chi connectivity index (χ0n) is 19.4. The van der Waals surface area contributed by atoms with E-state index in [9.17, 15) is 4.79 Å². The van der Waals surface area contributed by atoms with Crippen molar-refractivity contribution in [2.75, 3.05) is 31.1 Å². The van der Waals surface area contributed by atoms with Crippen LogP contribution in [0.25, 0.3) is 10.2 Å². The number of fused-ring (bicyclic) bond motifs is 1. The van der Waals surface area contributed by atoms with E-state index in [0.717, 1.165) is 52.3 Å². The number of amides is 1. The molecule has 0 atom stereocenters. The van der Waals surface area contributed by atoms with E-state index in [1.54, 1.807) is 11.3 Å². The van der Waals surface area contributed by atoms with E-state index in [2.05, 4.69) is 58.9 Å². The van der Waals surface area contributed by atoms with E-state index >= 15 is 0 Å². The van der Waals surface area contributed by atoms with Crippen molar-refractivity contribution in [1.29, 1.82) is 0 Å². The lowest BCUT2D eigenvalue weighted by atomic mass is 10.1. The molecular weight excluding hydrogens is 508 g/mol. The number of carbonyl (C=O) groups excluding carboxylic acids is 1. The number of halogens is 1. The van der Waals surface area contributed by atoms with Gasteiger partial charge in [-0.15, -0.1) is 11.3 Å². The second-order valence-electron chi connectivity index (χ2n) is 8.67. The Kier molecular flexibility index (Phi) is 6.66. The minimum Gasteiger partial charge on any atom is -0.352 e. The summed E-state index contributed by atoms with van der Waals surface area (Å²) in [5, 5.41) is 1.16. The molecule has 4 aromatic rings. The molecule has 1 aliphatic heterocycles. The number of hydrogen-bond donors (Lipinski definition) is 0. The van der Waals surface area contributed by atoms with Gasteiger partial charge >= 0.3 is 0 Å². The van der Waals surface area contributed by atoms with Crippen LogP contribution in [0.15, 0.2) is 59.1 Å². The zero-order valence-corrected chi connectivity index (χ0v) is 21.8. The van der Waals surface area contributed by atoms with Gasteiger partial charge in [-0.05, 0) is 59.5 Å². The number of carbonyl (C=O) groups is 1. The number of aryl methyl sites for hydroxylation is 4. The molecular formula is C27H27BrN4OS. The van der Waals surface area contributed by atoms with E-state index in [1.807, 2.05) is 35.2 Å². The molecule has 0 saturated carbocycles. The molecule has 0 spiro atoms. The molecule has 0 aliphatic carbocycles. The van der Waals surface area contributed by atoms with Gasteiger partial charge in [0, 0.05) is 41.9 Å². The average Bonchev–Trinajstić information content (AvgIpc) is 3.16. The molecule has 0 bridgehead atoms. The van der Waals surface area contributed by atoms with E-state index in [0.29, 0.717) is 18.7 Å². The highest BCUT2D eigenvalue weighted by Crippen LogP contribution is 2.35. The van der Waals surface area contributed by atoms with Gasteiger partial charge in [-0.3, -0.25) is 4.79 Å². The number of hydrogen-bond acceptors (Lipinski definition) is 5. The van der Waals surface area contributed by atoms with Gasteiger partial charge in [0.2, 0.25) is 0 Å². The summed E-state index contributed by atoms with van der Waals surface area (Å²) in [6.45, 7) is 7.19. The lowest BCUT2D eigenvalue weighted by molar-refractivity contribution is 0.0745. The van der Waals surface area contributed by atoms with Crippen LogP contribution in [0.3, 0.4) is 0 Å². The minimum absolute atomic E-state index is 0.0751. The fourth-order valence-electron chi connectivity index (χ4n) is 4.44. The van der Waals surface area contributed by atoms with Crippen LogP contribution < -0.4 is 4.90 Å². The maximum atomic E-state index is 13.1. The Morgan fingerprint density at radius 2 is 1.65 bits per heavy atom. The Labute approximate surface area is 212 Å². The van der Waals surface area contributed by atoms with Crippen molar-refractivity contribution in [2.24, 2.45) is 0 Å². The molecule has 2 aromatic heterocycles. The summed E-state index contributed by atoms with van der Waals surface area (Å²) >= 11 is 5.26. The van der Waals surface area contributed by atoms with Crippen LogP contribution >= 0.6 is 27.3 Å². The van der Waals surface area contributed by atoms with Crippen molar-refractivity contribution in [1.82, 2.24) is 14.9 Å². The molecule has 1 amide bonds. The standard InChI is InChI=1S/C27H27BrN4OS/c1-18-19(2)34-26-24(18)25(29-23(30-26)13-12-20-8-4-3-5-9-20)31-14-16-32(17-15-31)27(33)21-10-6-7-11-22(21)28/h3-11H,12-17H2,1-2H3. The molecule has 5 nitrogen and oxygen atoms in total. The van der Waals surface area contributed by atoms with Crippen LogP contribution in [-0.2, 0) is 12.8 Å². The van der Waals surface area contributed by atoms with Crippen molar-refractivity contribution in [2.45, 2.75) is 26.7 Å². The minimum atomic E-state index is 0.0751. The summed E-state index contributed by atoms with van der Waals surface area (Å²) in [6.07, 6.45) is 1.73. The maximum absolute atomic E-state index is 13.1. The molecule has 5 rings (SSSR count). The van der Waals surface area contributed by atoms with E-state index in [-0.39, 0.29) is 5.91 Å². The average molecular weight is 536 g/mol. The number of thiophene rings is 1. The number of rotatable bonds is 5. The molecule has 174 valence electrons. The molecule has 3 heterocycles. The molecule has 1 fully saturated rings. The normalized spacial score (nSPS) is 14.1. The van der Waals surface area contributed by atoms with Crippen molar-refractivity contribution >= 4 is 49.2 Å². The highest BCUT2D eigenvalue weighted by Gasteiger charge is 2.26. The number of benzene rings is 2. The Balaban J connectivity index is 1.38. The van der Waals surface area contributed by atoms with Crippen LogP contribution in [0.4, 0.5) is 5.82 Å². The zero-order chi connectivity index (χ0) is 23.7. The van der Waals surface area contributed by atoms with Gasteiger partial charge in [-0.25, -0.2) is 9.97 Å². The summed E-state index contributed by atoms with van der Waals surface area (Å²) in [4.78, 5) is 29.7. The number of aromatic nitrogens is 2. The fraction of sp³-hybridized carbons (Fsp3) is 0.296. The quantitative estimate of drug-likeness (QED) is 0.323. The first kappa shape index (κ1) is 23.0. The van der Waals surface area contributed by atoms with Gasteiger partial charge in [-0.2, -0.15) is 0 Å². The Hall–Kier alpha value is -2.77. The monoisotopic (exact) mass is 534 g/mol. The Morgan fingerprint density at radius 3 is 2.38 bits per heavy atom. The van der Waals surface area contributed by atoms with E-state index in [4.69, 9.17) is 9.97 Å². The maximum Gasteiger partial charge on any atom is 0.255 e. The highest BCUT2D eigenvalue weighted by atomic mass is 79.9. The largest absolute Gasteiger partial charge is 0.352 e. The van der Waals surface area contributed by atoms with Crippen molar-refractivity contribution in [3.05, 3.63) is 86.5 Å². The predicted octanol–water partition coefficient (Wildman–Crippen LogP) is 5.82. The van der Waals surface area contributed by atoms with Gasteiger partial charge in [0.1, 0.15) is 16.5 Å². The summed E-state index contributed by atoms with van der Waals surface area (Å²) in [7, 11) is 0. The van der Waals surface area contributed by atoms with Crippen LogP contribution in [0.5, 0.6) is 0 Å². The SMILES string of the molecule is Cc1sc2nc(CCc3ccccc3)nc(N3CCN(C(=O)c4ccccc4Br)CC3)c2c1C. The summed E-state index contributed by atoms with van der Waals surface area (Å²) < 4.78 is 0.840. The first-order chi connectivity index (χ1) is 16.5. The molecule has 0 unspecified atom stereocenters. The van der Waals surface area contributed by atoms with Crippen LogP contribution in [0, 0.1) is 13.8 Å². The van der Waals surface area contributed by atoms with Crippen molar-refractivity contribution < 1.29 is 4.79 Å². The van der Waals surface area contributed by atoms with E-state index in [1.165, 1.54) is 16.0 Å². The lowest BCUT2D eigenvalue weighted by Crippen LogP contribution is -2.49. The molecule has 0 radical (unpaired) electrons. The smallest absolute Gasteiger partial charge is 0.255 e. The second-order valence-corrected chi connectivity index (χ2v) is 10.7. The molecule has 0 N–H and O–H groups in total. The molecule has 1 saturated heterocycles. The first-order valence-electron chi connectivity index (χ1n) is 11.6.